The summed E-state index contributed by atoms with van der Waals surface area (Å²) >= 11 is 0. The second-order valence-corrected chi connectivity index (χ2v) is 6.20. The normalized spacial score (nSPS) is 18.1. The zero-order chi connectivity index (χ0) is 16.9. The third-order valence-electron chi connectivity index (χ3n) is 4.88. The number of benzene rings is 1. The fourth-order valence-corrected chi connectivity index (χ4v) is 2.98. The molecule has 2 rings (SSSR count). The van der Waals surface area contributed by atoms with Gasteiger partial charge in [-0.1, -0.05) is 19.1 Å². The van der Waals surface area contributed by atoms with Crippen LogP contribution >= 0.6 is 0 Å². The topological polar surface area (TPSA) is 73.6 Å². The van der Waals surface area contributed by atoms with E-state index < -0.39 is 6.10 Å². The van der Waals surface area contributed by atoms with E-state index in [-0.39, 0.29) is 17.9 Å². The van der Waals surface area contributed by atoms with E-state index in [0.717, 1.165) is 19.3 Å². The average Bonchev–Trinajstić information content (AvgIpc) is 2.61. The number of carbonyl (C=O) groups excluding carboxylic acids is 1. The number of carbonyl (C=O) groups is 1. The first-order valence-electron chi connectivity index (χ1n) is 8.10. The van der Waals surface area contributed by atoms with Crippen molar-refractivity contribution in [1.29, 1.82) is 5.26 Å². The minimum atomic E-state index is -0.632. The largest absolute Gasteiger partial charge is 0.480 e. The number of rotatable bonds is 5. The van der Waals surface area contributed by atoms with Crippen LogP contribution in [0.4, 0.5) is 0 Å². The first-order chi connectivity index (χ1) is 11.0. The van der Waals surface area contributed by atoms with Gasteiger partial charge < -0.3 is 14.7 Å². The van der Waals surface area contributed by atoms with Crippen LogP contribution in [0.2, 0.25) is 0 Å². The second kappa shape index (κ2) is 7.47. The molecular weight excluding hydrogens is 292 g/mol. The molecule has 1 saturated heterocycles. The first kappa shape index (κ1) is 17.3. The highest BCUT2D eigenvalue weighted by atomic mass is 16.5. The Bertz CT molecular complexity index is 580. The van der Waals surface area contributed by atoms with Crippen molar-refractivity contribution >= 4 is 5.91 Å². The lowest BCUT2D eigenvalue weighted by atomic mass is 9.77. The van der Waals surface area contributed by atoms with E-state index in [0.29, 0.717) is 24.4 Å². The number of hydrogen-bond acceptors (Lipinski definition) is 4. The molecule has 1 heterocycles. The van der Waals surface area contributed by atoms with Crippen LogP contribution in [0, 0.1) is 16.7 Å². The van der Waals surface area contributed by atoms with Gasteiger partial charge in [-0.05, 0) is 43.7 Å². The van der Waals surface area contributed by atoms with E-state index in [1.807, 2.05) is 0 Å². The molecule has 1 aliphatic rings. The molecule has 124 valence electrons. The van der Waals surface area contributed by atoms with E-state index in [1.54, 1.807) is 36.1 Å². The van der Waals surface area contributed by atoms with Gasteiger partial charge in [0.05, 0.1) is 5.56 Å². The van der Waals surface area contributed by atoms with Gasteiger partial charge in [0, 0.05) is 19.7 Å². The van der Waals surface area contributed by atoms with Crippen LogP contribution in [0.3, 0.4) is 0 Å². The molecule has 0 aromatic heterocycles. The molecule has 0 saturated carbocycles. The van der Waals surface area contributed by atoms with Crippen LogP contribution in [0.1, 0.15) is 38.7 Å². The Labute approximate surface area is 137 Å². The van der Waals surface area contributed by atoms with E-state index in [1.165, 1.54) is 0 Å². The van der Waals surface area contributed by atoms with Crippen molar-refractivity contribution in [3.05, 3.63) is 29.8 Å². The fourth-order valence-electron chi connectivity index (χ4n) is 2.98. The van der Waals surface area contributed by atoms with Gasteiger partial charge >= 0.3 is 0 Å². The summed E-state index contributed by atoms with van der Waals surface area (Å²) < 4.78 is 5.69. The van der Waals surface area contributed by atoms with Gasteiger partial charge in [0.1, 0.15) is 11.8 Å². The molecule has 0 aliphatic carbocycles. The molecule has 1 atom stereocenters. The van der Waals surface area contributed by atoms with Crippen LogP contribution in [0.15, 0.2) is 24.3 Å². The van der Waals surface area contributed by atoms with E-state index in [4.69, 9.17) is 10.00 Å². The molecule has 0 spiro atoms. The molecule has 0 radical (unpaired) electrons. The lowest BCUT2D eigenvalue weighted by molar-refractivity contribution is -0.140. The molecule has 5 heteroatoms. The monoisotopic (exact) mass is 316 g/mol. The number of nitriles is 1. The maximum Gasteiger partial charge on any atom is 0.263 e. The summed E-state index contributed by atoms with van der Waals surface area (Å²) in [6.07, 6.45) is 1.92. The van der Waals surface area contributed by atoms with Crippen LogP contribution in [-0.2, 0) is 4.79 Å². The Morgan fingerprint density at radius 1 is 1.43 bits per heavy atom. The summed E-state index contributed by atoms with van der Waals surface area (Å²) in [5, 5.41) is 18.7. The van der Waals surface area contributed by atoms with Crippen molar-refractivity contribution in [2.24, 2.45) is 5.41 Å². The summed E-state index contributed by atoms with van der Waals surface area (Å²) in [6.45, 7) is 5.25. The zero-order valence-corrected chi connectivity index (χ0v) is 13.8. The summed E-state index contributed by atoms with van der Waals surface area (Å²) in [6, 6.07) is 8.99. The number of likely N-dealkylation sites (tertiary alicyclic amines) is 1. The Kier molecular flexibility index (Phi) is 5.62. The highest BCUT2D eigenvalue weighted by Gasteiger charge is 2.35. The lowest BCUT2D eigenvalue weighted by Crippen LogP contribution is -2.48. The number of aliphatic hydroxyl groups is 1. The molecular formula is C18H24N2O3. The van der Waals surface area contributed by atoms with Crippen molar-refractivity contribution in [3.8, 4) is 11.8 Å². The predicted octanol–water partition coefficient (Wildman–Crippen LogP) is 2.34. The summed E-state index contributed by atoms with van der Waals surface area (Å²) in [4.78, 5) is 14.3. The number of para-hydroxylation sites is 1. The summed E-state index contributed by atoms with van der Waals surface area (Å²) in [7, 11) is 0. The number of hydrogen-bond donors (Lipinski definition) is 1. The molecule has 23 heavy (non-hydrogen) atoms. The lowest BCUT2D eigenvalue weighted by Gasteiger charge is -2.40. The molecule has 1 aromatic rings. The van der Waals surface area contributed by atoms with Gasteiger partial charge in [-0.25, -0.2) is 0 Å². The van der Waals surface area contributed by atoms with Crippen LogP contribution in [-0.4, -0.2) is 41.7 Å². The van der Waals surface area contributed by atoms with E-state index in [9.17, 15) is 9.90 Å². The Morgan fingerprint density at radius 3 is 2.65 bits per heavy atom. The number of aliphatic hydroxyl groups excluding tert-OH is 1. The summed E-state index contributed by atoms with van der Waals surface area (Å²) in [5.74, 6) is 0.367. The number of amides is 1. The molecule has 5 nitrogen and oxygen atoms in total. The van der Waals surface area contributed by atoms with Gasteiger partial charge in [-0.2, -0.15) is 5.26 Å². The third kappa shape index (κ3) is 3.83. The van der Waals surface area contributed by atoms with Gasteiger partial charge in [0.15, 0.2) is 6.10 Å². The Hall–Kier alpha value is -2.06. The highest BCUT2D eigenvalue weighted by Crippen LogP contribution is 2.34. The molecule has 1 unspecified atom stereocenters. The second-order valence-electron chi connectivity index (χ2n) is 6.20. The molecule has 0 bridgehead atoms. The van der Waals surface area contributed by atoms with Crippen LogP contribution in [0.25, 0.3) is 0 Å². The van der Waals surface area contributed by atoms with Crippen molar-refractivity contribution in [1.82, 2.24) is 4.90 Å². The van der Waals surface area contributed by atoms with Crippen molar-refractivity contribution in [2.75, 3.05) is 19.7 Å². The standard InChI is InChI=1S/C18H24N2O3/c1-3-18(13-21)8-10-20(11-9-18)17(22)14(2)23-16-7-5-4-6-15(16)12-19/h4-7,14,21H,3,8-11,13H2,1-2H3. The van der Waals surface area contributed by atoms with E-state index >= 15 is 0 Å². The van der Waals surface area contributed by atoms with Crippen molar-refractivity contribution in [2.45, 2.75) is 39.2 Å². The molecule has 1 fully saturated rings. The zero-order valence-electron chi connectivity index (χ0n) is 13.8. The van der Waals surface area contributed by atoms with Gasteiger partial charge in [0.2, 0.25) is 0 Å². The highest BCUT2D eigenvalue weighted by molar-refractivity contribution is 5.81. The fraction of sp³-hybridized carbons (Fsp3) is 0.556. The molecule has 1 N–H and O–H groups in total. The SMILES string of the molecule is CCC1(CO)CCN(C(=O)C(C)Oc2ccccc2C#N)CC1. The van der Waals surface area contributed by atoms with Gasteiger partial charge in [-0.3, -0.25) is 4.79 Å². The van der Waals surface area contributed by atoms with Gasteiger partial charge in [-0.15, -0.1) is 0 Å². The number of nitrogens with zero attached hydrogens (tertiary/aromatic N) is 2. The van der Waals surface area contributed by atoms with Crippen molar-refractivity contribution < 1.29 is 14.6 Å². The summed E-state index contributed by atoms with van der Waals surface area (Å²) in [5.41, 5.74) is 0.380. The molecule has 1 aliphatic heterocycles. The van der Waals surface area contributed by atoms with Gasteiger partial charge in [0.25, 0.3) is 5.91 Å². The number of ether oxygens (including phenoxy) is 1. The van der Waals surface area contributed by atoms with E-state index in [2.05, 4.69) is 13.0 Å². The average molecular weight is 316 g/mol. The maximum atomic E-state index is 12.5. The first-order valence-corrected chi connectivity index (χ1v) is 8.10. The minimum absolute atomic E-state index is 0.0473. The van der Waals surface area contributed by atoms with Crippen LogP contribution in [0.5, 0.6) is 5.75 Å². The molecule has 1 amide bonds. The number of piperidine rings is 1. The molecule has 1 aromatic carbocycles. The van der Waals surface area contributed by atoms with Crippen LogP contribution < -0.4 is 4.74 Å². The Balaban J connectivity index is 1.97. The third-order valence-corrected chi connectivity index (χ3v) is 4.88. The quantitative estimate of drug-likeness (QED) is 0.905. The van der Waals surface area contributed by atoms with Crippen molar-refractivity contribution in [3.63, 3.8) is 0 Å². The maximum absolute atomic E-state index is 12.5. The predicted molar refractivity (Wildman–Crippen MR) is 86.9 cm³/mol. The smallest absolute Gasteiger partial charge is 0.263 e. The minimum Gasteiger partial charge on any atom is -0.480 e. The Morgan fingerprint density at radius 2 is 2.09 bits per heavy atom.